The van der Waals surface area contributed by atoms with Crippen LogP contribution in [0.1, 0.15) is 38.5 Å². The summed E-state index contributed by atoms with van der Waals surface area (Å²) in [6, 6.07) is 0.337. The number of piperazine rings is 1. The van der Waals surface area contributed by atoms with Crippen LogP contribution in [0.4, 0.5) is 4.79 Å². The molecule has 1 aliphatic carbocycles. The second-order valence-corrected chi connectivity index (χ2v) is 6.45. The first kappa shape index (κ1) is 21.0. The first-order valence-corrected chi connectivity index (χ1v) is 8.70. The van der Waals surface area contributed by atoms with Gasteiger partial charge in [0.2, 0.25) is 5.91 Å². The summed E-state index contributed by atoms with van der Waals surface area (Å²) in [7, 11) is 1.57. The normalized spacial score (nSPS) is 20.2. The third-order valence-corrected chi connectivity index (χ3v) is 4.85. The summed E-state index contributed by atoms with van der Waals surface area (Å²) in [5, 5.41) is 3.13. The highest BCUT2D eigenvalue weighted by Gasteiger charge is 2.26. The molecule has 1 saturated carbocycles. The lowest BCUT2D eigenvalue weighted by molar-refractivity contribution is -0.135. The van der Waals surface area contributed by atoms with Crippen molar-refractivity contribution in [2.45, 2.75) is 50.7 Å². The lowest BCUT2D eigenvalue weighted by Gasteiger charge is -2.36. The summed E-state index contributed by atoms with van der Waals surface area (Å²) in [5.41, 5.74) is 5.55. The molecular weight excluding hydrogens is 332 g/mol. The van der Waals surface area contributed by atoms with Gasteiger partial charge in [0.15, 0.2) is 0 Å². The highest BCUT2D eigenvalue weighted by Crippen LogP contribution is 2.17. The molecule has 1 aliphatic heterocycles. The summed E-state index contributed by atoms with van der Waals surface area (Å²) in [6.07, 6.45) is 5.93. The van der Waals surface area contributed by atoms with E-state index in [2.05, 4.69) is 5.32 Å². The van der Waals surface area contributed by atoms with Crippen molar-refractivity contribution in [3.8, 4) is 0 Å². The number of rotatable bonds is 5. The Labute approximate surface area is 150 Å². The third-order valence-electron chi connectivity index (χ3n) is 4.85. The van der Waals surface area contributed by atoms with Crippen molar-refractivity contribution in [3.63, 3.8) is 0 Å². The molecule has 1 saturated heterocycles. The molecule has 2 aliphatic rings. The first-order valence-electron chi connectivity index (χ1n) is 8.70. The Bertz CT molecular complexity index is 393. The van der Waals surface area contributed by atoms with Crippen LogP contribution in [0.15, 0.2) is 0 Å². The summed E-state index contributed by atoms with van der Waals surface area (Å²) in [6.45, 7) is 2.68. The van der Waals surface area contributed by atoms with Gasteiger partial charge in [-0.05, 0) is 12.8 Å². The molecular formula is C16H31ClN4O3. The fourth-order valence-electron chi connectivity index (χ4n) is 3.26. The van der Waals surface area contributed by atoms with Gasteiger partial charge >= 0.3 is 6.03 Å². The van der Waals surface area contributed by atoms with E-state index in [9.17, 15) is 9.59 Å². The third kappa shape index (κ3) is 6.11. The van der Waals surface area contributed by atoms with Crippen LogP contribution in [-0.2, 0) is 9.53 Å². The molecule has 0 aromatic carbocycles. The summed E-state index contributed by atoms with van der Waals surface area (Å²) in [5.74, 6) is 0.0506. The summed E-state index contributed by atoms with van der Waals surface area (Å²) < 4.78 is 5.16. The number of nitrogens with two attached hydrogens (primary N) is 1. The van der Waals surface area contributed by atoms with Gasteiger partial charge in [0.1, 0.15) is 0 Å². The molecule has 1 unspecified atom stereocenters. The zero-order valence-electron chi connectivity index (χ0n) is 14.5. The van der Waals surface area contributed by atoms with Crippen molar-refractivity contribution in [1.82, 2.24) is 15.1 Å². The van der Waals surface area contributed by atoms with Gasteiger partial charge in [-0.15, -0.1) is 12.4 Å². The molecule has 2 rings (SSSR count). The van der Waals surface area contributed by atoms with Crippen LogP contribution in [0.3, 0.4) is 0 Å². The van der Waals surface area contributed by atoms with E-state index in [-0.39, 0.29) is 30.4 Å². The maximum Gasteiger partial charge on any atom is 0.317 e. The second-order valence-electron chi connectivity index (χ2n) is 6.45. The topological polar surface area (TPSA) is 87.9 Å². The van der Waals surface area contributed by atoms with Crippen LogP contribution >= 0.6 is 12.4 Å². The van der Waals surface area contributed by atoms with Gasteiger partial charge in [-0.1, -0.05) is 19.3 Å². The van der Waals surface area contributed by atoms with E-state index in [1.54, 1.807) is 12.0 Å². The number of ether oxygens (including phenoxy) is 1. The number of nitrogens with zero attached hydrogens (tertiary/aromatic N) is 2. The predicted octanol–water partition coefficient (Wildman–Crippen LogP) is 0.958. The van der Waals surface area contributed by atoms with Crippen LogP contribution in [0.2, 0.25) is 0 Å². The number of nitrogens with one attached hydrogen (secondary N) is 1. The van der Waals surface area contributed by atoms with Crippen LogP contribution < -0.4 is 11.1 Å². The molecule has 2 fully saturated rings. The van der Waals surface area contributed by atoms with Gasteiger partial charge in [-0.25, -0.2) is 4.79 Å². The Kier molecular flexibility index (Phi) is 9.39. The largest absolute Gasteiger partial charge is 0.380 e. The van der Waals surface area contributed by atoms with Crippen molar-refractivity contribution in [2.24, 2.45) is 5.73 Å². The van der Waals surface area contributed by atoms with E-state index in [0.29, 0.717) is 45.2 Å². The highest BCUT2D eigenvalue weighted by atomic mass is 35.5. The Morgan fingerprint density at radius 2 is 1.71 bits per heavy atom. The second kappa shape index (κ2) is 10.7. The van der Waals surface area contributed by atoms with Crippen molar-refractivity contribution >= 4 is 24.3 Å². The number of hydrogen-bond acceptors (Lipinski definition) is 4. The zero-order chi connectivity index (χ0) is 16.7. The van der Waals surface area contributed by atoms with Crippen LogP contribution in [0.5, 0.6) is 0 Å². The smallest absolute Gasteiger partial charge is 0.317 e. The fraction of sp³-hybridized carbons (Fsp3) is 0.875. The molecule has 3 N–H and O–H groups in total. The van der Waals surface area contributed by atoms with Crippen LogP contribution in [0, 0.1) is 0 Å². The van der Waals surface area contributed by atoms with Crippen LogP contribution in [-0.4, -0.2) is 73.7 Å². The molecule has 0 radical (unpaired) electrons. The molecule has 24 heavy (non-hydrogen) atoms. The lowest BCUT2D eigenvalue weighted by Crippen LogP contribution is -2.55. The Balaban J connectivity index is 0.00000288. The lowest BCUT2D eigenvalue weighted by atomic mass is 9.96. The maximum atomic E-state index is 12.3. The van der Waals surface area contributed by atoms with Gasteiger partial charge < -0.3 is 25.6 Å². The van der Waals surface area contributed by atoms with E-state index < -0.39 is 0 Å². The number of halogens is 1. The van der Waals surface area contributed by atoms with Gasteiger partial charge in [0, 0.05) is 45.9 Å². The maximum absolute atomic E-state index is 12.3. The Hall–Kier alpha value is -1.05. The van der Waals surface area contributed by atoms with Gasteiger partial charge in [-0.2, -0.15) is 0 Å². The number of carbonyl (C=O) groups excluding carboxylic acids is 2. The quantitative estimate of drug-likeness (QED) is 0.762. The summed E-state index contributed by atoms with van der Waals surface area (Å²) in [4.78, 5) is 28.1. The molecule has 140 valence electrons. The number of urea groups is 1. The molecule has 7 nitrogen and oxygen atoms in total. The minimum atomic E-state index is -0.227. The highest BCUT2D eigenvalue weighted by molar-refractivity contribution is 5.85. The van der Waals surface area contributed by atoms with Crippen molar-refractivity contribution in [2.75, 3.05) is 39.8 Å². The van der Waals surface area contributed by atoms with E-state index in [1.807, 2.05) is 4.90 Å². The van der Waals surface area contributed by atoms with Gasteiger partial charge in [-0.3, -0.25) is 4.79 Å². The number of hydrogen-bond donors (Lipinski definition) is 2. The average Bonchev–Trinajstić information content (AvgIpc) is 2.60. The molecule has 0 aromatic heterocycles. The monoisotopic (exact) mass is 362 g/mol. The zero-order valence-corrected chi connectivity index (χ0v) is 15.4. The fourth-order valence-corrected chi connectivity index (χ4v) is 3.26. The standard InChI is InChI=1S/C16H30N4O3.ClH/c1-23-14(12-17)11-15(21)19-7-9-20(10-8-19)16(22)18-13-5-3-2-4-6-13;/h13-14H,2-12,17H2,1H3,(H,18,22);1H. The number of carbonyl (C=O) groups is 2. The van der Waals surface area contributed by atoms with Gasteiger partial charge in [0.25, 0.3) is 0 Å². The van der Waals surface area contributed by atoms with Gasteiger partial charge in [0.05, 0.1) is 12.5 Å². The van der Waals surface area contributed by atoms with Crippen molar-refractivity contribution < 1.29 is 14.3 Å². The van der Waals surface area contributed by atoms with E-state index >= 15 is 0 Å². The minimum Gasteiger partial charge on any atom is -0.380 e. The number of methoxy groups -OCH3 is 1. The van der Waals surface area contributed by atoms with E-state index in [4.69, 9.17) is 10.5 Å². The first-order chi connectivity index (χ1) is 11.1. The van der Waals surface area contributed by atoms with E-state index in [1.165, 1.54) is 19.3 Å². The molecule has 1 atom stereocenters. The molecule has 0 bridgehead atoms. The average molecular weight is 363 g/mol. The van der Waals surface area contributed by atoms with Crippen molar-refractivity contribution in [3.05, 3.63) is 0 Å². The molecule has 1 heterocycles. The molecule has 3 amide bonds. The predicted molar refractivity (Wildman–Crippen MR) is 95.3 cm³/mol. The minimum absolute atomic E-state index is 0. The molecule has 8 heteroatoms. The molecule has 0 spiro atoms. The summed E-state index contributed by atoms with van der Waals surface area (Å²) >= 11 is 0. The Morgan fingerprint density at radius 3 is 2.25 bits per heavy atom. The molecule has 0 aromatic rings. The SMILES string of the molecule is COC(CN)CC(=O)N1CCN(C(=O)NC2CCCCC2)CC1.Cl. The number of amides is 3. The Morgan fingerprint density at radius 1 is 1.12 bits per heavy atom. The van der Waals surface area contributed by atoms with Crippen LogP contribution in [0.25, 0.3) is 0 Å². The van der Waals surface area contributed by atoms with E-state index in [0.717, 1.165) is 12.8 Å². The van der Waals surface area contributed by atoms with Crippen molar-refractivity contribution in [1.29, 1.82) is 0 Å².